The monoisotopic (exact) mass is 298 g/mol. The van der Waals surface area contributed by atoms with Crippen molar-refractivity contribution < 1.29 is 18.9 Å². The van der Waals surface area contributed by atoms with Gasteiger partial charge in [0.25, 0.3) is 0 Å². The molecule has 4 heterocycles. The Balaban J connectivity index is 1.17. The molecule has 0 aliphatic carbocycles. The molecule has 4 aliphatic heterocycles. The summed E-state index contributed by atoms with van der Waals surface area (Å²) in [5.41, 5.74) is 0. The van der Waals surface area contributed by atoms with Crippen LogP contribution in [0.1, 0.15) is 6.42 Å². The SMILES string of the molecule is C(CN(CC1CO1)CC1CO1)CN(CC1CO1)CC1CO1. The molecule has 21 heavy (non-hydrogen) atoms. The van der Waals surface area contributed by atoms with Crippen molar-refractivity contribution in [2.45, 2.75) is 30.8 Å². The zero-order chi connectivity index (χ0) is 14.1. The molecule has 4 unspecified atom stereocenters. The molecule has 0 N–H and O–H groups in total. The maximum Gasteiger partial charge on any atom is 0.0936 e. The molecular formula is C15H26N2O4. The van der Waals surface area contributed by atoms with Crippen LogP contribution in [0.15, 0.2) is 0 Å². The maximum absolute atomic E-state index is 5.36. The van der Waals surface area contributed by atoms with Gasteiger partial charge in [-0.25, -0.2) is 0 Å². The molecule has 4 rings (SSSR count). The van der Waals surface area contributed by atoms with Crippen LogP contribution in [0.4, 0.5) is 0 Å². The molecule has 4 saturated heterocycles. The van der Waals surface area contributed by atoms with Gasteiger partial charge in [-0.15, -0.1) is 0 Å². The van der Waals surface area contributed by atoms with Crippen LogP contribution in [0.5, 0.6) is 0 Å². The fourth-order valence-electron chi connectivity index (χ4n) is 2.88. The van der Waals surface area contributed by atoms with Gasteiger partial charge in [0.05, 0.1) is 50.8 Å². The van der Waals surface area contributed by atoms with Gasteiger partial charge in [-0.05, 0) is 19.5 Å². The predicted octanol–water partition coefficient (Wildman–Crippen LogP) is -0.424. The van der Waals surface area contributed by atoms with Gasteiger partial charge in [0.15, 0.2) is 0 Å². The van der Waals surface area contributed by atoms with Crippen molar-refractivity contribution >= 4 is 0 Å². The van der Waals surface area contributed by atoms with E-state index in [9.17, 15) is 0 Å². The summed E-state index contributed by atoms with van der Waals surface area (Å²) in [4.78, 5) is 5.02. The van der Waals surface area contributed by atoms with E-state index >= 15 is 0 Å². The summed E-state index contributed by atoms with van der Waals surface area (Å²) in [7, 11) is 0. The highest BCUT2D eigenvalue weighted by Crippen LogP contribution is 2.18. The van der Waals surface area contributed by atoms with Gasteiger partial charge >= 0.3 is 0 Å². The quantitative estimate of drug-likeness (QED) is 0.456. The fourth-order valence-corrected chi connectivity index (χ4v) is 2.88. The van der Waals surface area contributed by atoms with Crippen molar-refractivity contribution in [3.8, 4) is 0 Å². The third-order valence-electron chi connectivity index (χ3n) is 4.41. The van der Waals surface area contributed by atoms with Crippen LogP contribution in [0, 0.1) is 0 Å². The lowest BCUT2D eigenvalue weighted by molar-refractivity contribution is 0.185. The van der Waals surface area contributed by atoms with Crippen molar-refractivity contribution in [2.75, 3.05) is 65.7 Å². The Bertz CT molecular complexity index is 281. The van der Waals surface area contributed by atoms with Gasteiger partial charge in [0, 0.05) is 26.2 Å². The normalized spacial score (nSPS) is 36.3. The molecule has 0 aromatic rings. The Labute approximate surface area is 126 Å². The molecule has 0 radical (unpaired) electrons. The molecule has 0 amide bonds. The molecule has 0 bridgehead atoms. The van der Waals surface area contributed by atoms with E-state index in [1.54, 1.807) is 0 Å². The van der Waals surface area contributed by atoms with Gasteiger partial charge in [0.2, 0.25) is 0 Å². The Morgan fingerprint density at radius 1 is 0.571 bits per heavy atom. The molecule has 6 nitrogen and oxygen atoms in total. The standard InChI is InChI=1S/C15H26N2O4/c1(2-16(4-12-8-18-12)5-13-9-19-13)3-17(6-14-10-20-14)7-15-11-21-15/h12-15H,1-11H2. The summed E-state index contributed by atoms with van der Waals surface area (Å²) in [6, 6.07) is 0. The van der Waals surface area contributed by atoms with E-state index in [0.29, 0.717) is 24.4 Å². The Morgan fingerprint density at radius 3 is 1.10 bits per heavy atom. The molecule has 0 aromatic heterocycles. The lowest BCUT2D eigenvalue weighted by Gasteiger charge is -2.24. The van der Waals surface area contributed by atoms with Crippen LogP contribution in [-0.4, -0.2) is 99.9 Å². The Hall–Kier alpha value is -0.240. The van der Waals surface area contributed by atoms with Crippen molar-refractivity contribution in [3.63, 3.8) is 0 Å². The van der Waals surface area contributed by atoms with Crippen LogP contribution in [0.25, 0.3) is 0 Å². The van der Waals surface area contributed by atoms with Gasteiger partial charge in [-0.2, -0.15) is 0 Å². The van der Waals surface area contributed by atoms with Crippen molar-refractivity contribution in [3.05, 3.63) is 0 Å². The third kappa shape index (κ3) is 5.47. The van der Waals surface area contributed by atoms with Gasteiger partial charge in [-0.1, -0.05) is 0 Å². The van der Waals surface area contributed by atoms with E-state index in [2.05, 4.69) is 9.80 Å². The molecule has 4 aliphatic rings. The second-order valence-electron chi connectivity index (χ2n) is 6.69. The zero-order valence-electron chi connectivity index (χ0n) is 12.6. The lowest BCUT2D eigenvalue weighted by Crippen LogP contribution is -2.37. The first-order chi connectivity index (χ1) is 10.3. The average Bonchev–Trinajstić information content (AvgIpc) is 3.31. The second-order valence-corrected chi connectivity index (χ2v) is 6.69. The minimum Gasteiger partial charge on any atom is -0.372 e. The Kier molecular flexibility index (Phi) is 4.43. The Morgan fingerprint density at radius 2 is 0.857 bits per heavy atom. The predicted molar refractivity (Wildman–Crippen MR) is 76.5 cm³/mol. The summed E-state index contributed by atoms with van der Waals surface area (Å²) in [6.45, 7) is 10.3. The maximum atomic E-state index is 5.36. The van der Waals surface area contributed by atoms with Crippen molar-refractivity contribution in [1.82, 2.24) is 9.80 Å². The van der Waals surface area contributed by atoms with Crippen LogP contribution in [-0.2, 0) is 18.9 Å². The van der Waals surface area contributed by atoms with E-state index in [-0.39, 0.29) is 0 Å². The first kappa shape index (κ1) is 14.4. The number of epoxide rings is 4. The van der Waals surface area contributed by atoms with Gasteiger partial charge in [-0.3, -0.25) is 9.80 Å². The van der Waals surface area contributed by atoms with Crippen molar-refractivity contribution in [1.29, 1.82) is 0 Å². The number of nitrogens with zero attached hydrogens (tertiary/aromatic N) is 2. The topological polar surface area (TPSA) is 56.6 Å². The number of ether oxygens (including phenoxy) is 4. The molecule has 0 spiro atoms. The minimum atomic E-state index is 0.472. The molecular weight excluding hydrogens is 272 g/mol. The second kappa shape index (κ2) is 6.48. The first-order valence-corrected chi connectivity index (χ1v) is 8.26. The number of hydrogen-bond acceptors (Lipinski definition) is 6. The van der Waals surface area contributed by atoms with Gasteiger partial charge < -0.3 is 18.9 Å². The first-order valence-electron chi connectivity index (χ1n) is 8.26. The molecule has 120 valence electrons. The molecule has 6 heteroatoms. The molecule has 0 saturated carbocycles. The highest BCUT2D eigenvalue weighted by Gasteiger charge is 2.32. The number of hydrogen-bond donors (Lipinski definition) is 0. The lowest BCUT2D eigenvalue weighted by atomic mass is 10.2. The van der Waals surface area contributed by atoms with E-state index in [4.69, 9.17) is 18.9 Å². The average molecular weight is 298 g/mol. The largest absolute Gasteiger partial charge is 0.372 e. The fraction of sp³-hybridized carbons (Fsp3) is 1.00. The summed E-state index contributed by atoms with van der Waals surface area (Å²) in [5, 5.41) is 0. The van der Waals surface area contributed by atoms with Crippen molar-refractivity contribution in [2.24, 2.45) is 0 Å². The zero-order valence-corrected chi connectivity index (χ0v) is 12.6. The molecule has 0 aromatic carbocycles. The molecule has 4 atom stereocenters. The van der Waals surface area contributed by atoms with Crippen LogP contribution >= 0.6 is 0 Å². The highest BCUT2D eigenvalue weighted by molar-refractivity contribution is 4.82. The van der Waals surface area contributed by atoms with Crippen LogP contribution in [0.2, 0.25) is 0 Å². The summed E-state index contributed by atoms with van der Waals surface area (Å²) >= 11 is 0. The van der Waals surface area contributed by atoms with Crippen LogP contribution < -0.4 is 0 Å². The summed E-state index contributed by atoms with van der Waals surface area (Å²) < 4.78 is 21.5. The smallest absolute Gasteiger partial charge is 0.0936 e. The van der Waals surface area contributed by atoms with E-state index in [1.165, 1.54) is 6.42 Å². The summed E-state index contributed by atoms with van der Waals surface area (Å²) in [6.07, 6.45) is 3.08. The van der Waals surface area contributed by atoms with E-state index < -0.39 is 0 Å². The third-order valence-corrected chi connectivity index (χ3v) is 4.41. The van der Waals surface area contributed by atoms with Gasteiger partial charge in [0.1, 0.15) is 0 Å². The van der Waals surface area contributed by atoms with E-state index in [1.807, 2.05) is 0 Å². The molecule has 4 fully saturated rings. The van der Waals surface area contributed by atoms with E-state index in [0.717, 1.165) is 65.7 Å². The van der Waals surface area contributed by atoms with Crippen LogP contribution in [0.3, 0.4) is 0 Å². The minimum absolute atomic E-state index is 0.472. The highest BCUT2D eigenvalue weighted by atomic mass is 16.6. The number of rotatable bonds is 12. The summed E-state index contributed by atoms with van der Waals surface area (Å²) in [5.74, 6) is 0.